The lowest BCUT2D eigenvalue weighted by molar-refractivity contribution is 0.0601. The monoisotopic (exact) mass is 247 g/mol. The maximum Gasteiger partial charge on any atom is 0.337 e. The van der Waals surface area contributed by atoms with Gasteiger partial charge in [0.1, 0.15) is 12.1 Å². The number of nitrogens with zero attached hydrogens (tertiary/aromatic N) is 3. The Morgan fingerprint density at radius 3 is 2.67 bits per heavy atom. The van der Waals surface area contributed by atoms with E-state index in [0.29, 0.717) is 22.7 Å². The molecule has 0 aliphatic rings. The van der Waals surface area contributed by atoms with E-state index in [1.54, 1.807) is 43.4 Å². The quantitative estimate of drug-likeness (QED) is 0.764. The SMILES string of the molecule is COC(=O)c1ccc(OC)c(-c2ncn(C)n2)c1. The number of aryl methyl sites for hydroxylation is 1. The van der Waals surface area contributed by atoms with Gasteiger partial charge in [-0.25, -0.2) is 9.78 Å². The Morgan fingerprint density at radius 2 is 2.11 bits per heavy atom. The van der Waals surface area contributed by atoms with Gasteiger partial charge in [-0.05, 0) is 18.2 Å². The minimum absolute atomic E-state index is 0.408. The maximum atomic E-state index is 11.5. The number of carbonyl (C=O) groups is 1. The second-order valence-corrected chi connectivity index (χ2v) is 3.65. The Hall–Kier alpha value is -2.37. The molecule has 0 aliphatic heterocycles. The molecule has 1 heterocycles. The maximum absolute atomic E-state index is 11.5. The van der Waals surface area contributed by atoms with Crippen LogP contribution in [0.3, 0.4) is 0 Å². The molecule has 0 bridgehead atoms. The summed E-state index contributed by atoms with van der Waals surface area (Å²) in [5.41, 5.74) is 1.08. The third kappa shape index (κ3) is 2.17. The largest absolute Gasteiger partial charge is 0.496 e. The van der Waals surface area contributed by atoms with Gasteiger partial charge in [-0.2, -0.15) is 5.10 Å². The normalized spacial score (nSPS) is 10.2. The molecule has 0 N–H and O–H groups in total. The van der Waals surface area contributed by atoms with E-state index < -0.39 is 5.97 Å². The summed E-state index contributed by atoms with van der Waals surface area (Å²) in [6, 6.07) is 4.98. The van der Waals surface area contributed by atoms with Crippen LogP contribution in [0.25, 0.3) is 11.4 Å². The molecule has 0 saturated heterocycles. The standard InChI is InChI=1S/C12H13N3O3/c1-15-7-13-11(14-15)9-6-8(12(16)18-3)4-5-10(9)17-2/h4-7H,1-3H3. The van der Waals surface area contributed by atoms with E-state index in [9.17, 15) is 4.79 Å². The minimum Gasteiger partial charge on any atom is -0.496 e. The summed E-state index contributed by atoms with van der Waals surface area (Å²) in [6.45, 7) is 0. The molecule has 94 valence electrons. The van der Waals surface area contributed by atoms with Crippen LogP contribution in [0.15, 0.2) is 24.5 Å². The topological polar surface area (TPSA) is 66.2 Å². The van der Waals surface area contributed by atoms with Gasteiger partial charge in [0, 0.05) is 7.05 Å². The van der Waals surface area contributed by atoms with Crippen molar-refractivity contribution in [1.29, 1.82) is 0 Å². The van der Waals surface area contributed by atoms with Crippen LogP contribution in [-0.4, -0.2) is 35.0 Å². The number of rotatable bonds is 3. The summed E-state index contributed by atoms with van der Waals surface area (Å²) in [4.78, 5) is 15.6. The highest BCUT2D eigenvalue weighted by Gasteiger charge is 2.14. The number of ether oxygens (including phenoxy) is 2. The van der Waals surface area contributed by atoms with E-state index in [-0.39, 0.29) is 0 Å². The zero-order valence-electron chi connectivity index (χ0n) is 10.4. The molecule has 18 heavy (non-hydrogen) atoms. The Bertz CT molecular complexity index is 578. The van der Waals surface area contributed by atoms with E-state index in [0.717, 1.165) is 0 Å². The van der Waals surface area contributed by atoms with Crippen LogP contribution in [0.4, 0.5) is 0 Å². The number of methoxy groups -OCH3 is 2. The van der Waals surface area contributed by atoms with Crippen LogP contribution in [0, 0.1) is 0 Å². The molecule has 0 fully saturated rings. The van der Waals surface area contributed by atoms with Crippen molar-refractivity contribution in [1.82, 2.24) is 14.8 Å². The van der Waals surface area contributed by atoms with Crippen LogP contribution in [0.5, 0.6) is 5.75 Å². The molecule has 0 amide bonds. The van der Waals surface area contributed by atoms with Crippen molar-refractivity contribution in [3.05, 3.63) is 30.1 Å². The fourth-order valence-electron chi connectivity index (χ4n) is 1.59. The van der Waals surface area contributed by atoms with Crippen LogP contribution in [0.2, 0.25) is 0 Å². The number of esters is 1. The fourth-order valence-corrected chi connectivity index (χ4v) is 1.59. The highest BCUT2D eigenvalue weighted by Crippen LogP contribution is 2.28. The first-order chi connectivity index (χ1) is 8.65. The number of hydrogen-bond acceptors (Lipinski definition) is 5. The van der Waals surface area contributed by atoms with Crippen molar-refractivity contribution < 1.29 is 14.3 Å². The van der Waals surface area contributed by atoms with E-state index in [1.165, 1.54) is 7.11 Å². The van der Waals surface area contributed by atoms with Gasteiger partial charge in [-0.1, -0.05) is 0 Å². The Labute approximate surface area is 104 Å². The summed E-state index contributed by atoms with van der Waals surface area (Å²) in [6.07, 6.45) is 1.58. The lowest BCUT2D eigenvalue weighted by atomic mass is 10.1. The predicted molar refractivity (Wildman–Crippen MR) is 64.3 cm³/mol. The summed E-state index contributed by atoms with van der Waals surface area (Å²) in [7, 11) is 4.66. The number of carbonyl (C=O) groups excluding carboxylic acids is 1. The second-order valence-electron chi connectivity index (χ2n) is 3.65. The third-order valence-electron chi connectivity index (χ3n) is 2.46. The van der Waals surface area contributed by atoms with Crippen molar-refractivity contribution in [2.24, 2.45) is 7.05 Å². The summed E-state index contributed by atoms with van der Waals surface area (Å²) < 4.78 is 11.5. The second kappa shape index (κ2) is 4.87. The molecule has 0 aliphatic carbocycles. The zero-order chi connectivity index (χ0) is 13.1. The lowest BCUT2D eigenvalue weighted by Crippen LogP contribution is -2.02. The molecular formula is C12H13N3O3. The van der Waals surface area contributed by atoms with Gasteiger partial charge in [-0.15, -0.1) is 0 Å². The molecule has 6 heteroatoms. The molecule has 2 aromatic rings. The first kappa shape index (κ1) is 12.1. The summed E-state index contributed by atoms with van der Waals surface area (Å²) in [5.74, 6) is 0.698. The number of aromatic nitrogens is 3. The van der Waals surface area contributed by atoms with E-state index in [2.05, 4.69) is 14.8 Å². The molecule has 0 unspecified atom stereocenters. The smallest absolute Gasteiger partial charge is 0.337 e. The van der Waals surface area contributed by atoms with Gasteiger partial charge >= 0.3 is 5.97 Å². The molecular weight excluding hydrogens is 234 g/mol. The van der Waals surface area contributed by atoms with Crippen LogP contribution < -0.4 is 4.74 Å². The Morgan fingerprint density at radius 1 is 1.33 bits per heavy atom. The minimum atomic E-state index is -0.408. The number of hydrogen-bond donors (Lipinski definition) is 0. The highest BCUT2D eigenvalue weighted by molar-refractivity contribution is 5.91. The summed E-state index contributed by atoms with van der Waals surface area (Å²) in [5, 5.41) is 4.19. The number of benzene rings is 1. The molecule has 1 aromatic heterocycles. The van der Waals surface area contributed by atoms with Gasteiger partial charge in [0.25, 0.3) is 0 Å². The fraction of sp³-hybridized carbons (Fsp3) is 0.250. The molecule has 0 saturated carbocycles. The van der Waals surface area contributed by atoms with Crippen molar-refractivity contribution in [2.75, 3.05) is 14.2 Å². The van der Waals surface area contributed by atoms with Crippen LogP contribution in [-0.2, 0) is 11.8 Å². The molecule has 1 aromatic carbocycles. The molecule has 6 nitrogen and oxygen atoms in total. The van der Waals surface area contributed by atoms with Gasteiger partial charge in [0.2, 0.25) is 0 Å². The van der Waals surface area contributed by atoms with Gasteiger partial charge in [0.05, 0.1) is 25.3 Å². The first-order valence-corrected chi connectivity index (χ1v) is 5.28. The van der Waals surface area contributed by atoms with E-state index in [1.807, 2.05) is 0 Å². The van der Waals surface area contributed by atoms with Gasteiger partial charge in [0.15, 0.2) is 5.82 Å². The average Bonchev–Trinajstić information content (AvgIpc) is 2.83. The lowest BCUT2D eigenvalue weighted by Gasteiger charge is -2.07. The molecule has 0 radical (unpaired) electrons. The van der Waals surface area contributed by atoms with Crippen molar-refractivity contribution in [2.45, 2.75) is 0 Å². The third-order valence-corrected chi connectivity index (χ3v) is 2.46. The van der Waals surface area contributed by atoms with E-state index in [4.69, 9.17) is 4.74 Å². The van der Waals surface area contributed by atoms with Crippen molar-refractivity contribution in [3.63, 3.8) is 0 Å². The predicted octanol–water partition coefficient (Wildman–Crippen LogP) is 1.28. The molecule has 2 rings (SSSR count). The summed E-state index contributed by atoms with van der Waals surface area (Å²) >= 11 is 0. The van der Waals surface area contributed by atoms with Gasteiger partial charge < -0.3 is 9.47 Å². The Kier molecular flexibility index (Phi) is 3.27. The van der Waals surface area contributed by atoms with E-state index >= 15 is 0 Å². The first-order valence-electron chi connectivity index (χ1n) is 5.28. The highest BCUT2D eigenvalue weighted by atomic mass is 16.5. The molecule has 0 atom stereocenters. The van der Waals surface area contributed by atoms with Gasteiger partial charge in [-0.3, -0.25) is 4.68 Å². The molecule has 0 spiro atoms. The van der Waals surface area contributed by atoms with Crippen LogP contribution >= 0.6 is 0 Å². The van der Waals surface area contributed by atoms with Crippen molar-refractivity contribution in [3.8, 4) is 17.1 Å². The van der Waals surface area contributed by atoms with Crippen molar-refractivity contribution >= 4 is 5.97 Å². The Balaban J connectivity index is 2.52. The zero-order valence-corrected chi connectivity index (χ0v) is 10.4. The van der Waals surface area contributed by atoms with Crippen LogP contribution in [0.1, 0.15) is 10.4 Å². The average molecular weight is 247 g/mol.